The molecule has 1 heterocycles. The fourth-order valence-corrected chi connectivity index (χ4v) is 2.16. The maximum atomic E-state index is 5.82. The molecule has 4 nitrogen and oxygen atoms in total. The van der Waals surface area contributed by atoms with E-state index in [0.717, 1.165) is 29.9 Å². The van der Waals surface area contributed by atoms with E-state index in [4.69, 9.17) is 19.9 Å². The number of nitrogens with two attached hydrogens (primary N) is 1. The second-order valence-electron chi connectivity index (χ2n) is 4.66. The first-order chi connectivity index (χ1) is 7.55. The molecule has 90 valence electrons. The molecule has 2 rings (SSSR count). The molecule has 1 aliphatic heterocycles. The molecule has 1 aliphatic carbocycles. The van der Waals surface area contributed by atoms with Crippen LogP contribution in [0.5, 0.6) is 0 Å². The van der Waals surface area contributed by atoms with E-state index in [1.165, 1.54) is 0 Å². The van der Waals surface area contributed by atoms with Gasteiger partial charge in [0.2, 0.25) is 0 Å². The number of ether oxygens (including phenoxy) is 3. The van der Waals surface area contributed by atoms with Crippen molar-refractivity contribution in [2.45, 2.75) is 38.3 Å². The lowest BCUT2D eigenvalue weighted by molar-refractivity contribution is -0.00377. The van der Waals surface area contributed by atoms with E-state index in [1.54, 1.807) is 7.11 Å². The number of methoxy groups -OCH3 is 1. The van der Waals surface area contributed by atoms with E-state index in [0.29, 0.717) is 6.79 Å². The average Bonchev–Trinajstić information content (AvgIpc) is 2.57. The Morgan fingerprint density at radius 1 is 1.62 bits per heavy atom. The fraction of sp³-hybridized carbons (Fsp3) is 0.667. The molecule has 0 spiro atoms. The molecule has 0 saturated carbocycles. The van der Waals surface area contributed by atoms with Crippen molar-refractivity contribution in [3.8, 4) is 0 Å². The highest BCUT2D eigenvalue weighted by molar-refractivity contribution is 5.36. The predicted molar refractivity (Wildman–Crippen MR) is 60.4 cm³/mol. The molecule has 2 atom stereocenters. The molecule has 0 aromatic carbocycles. The number of allylic oxidation sites excluding steroid dienone is 1. The van der Waals surface area contributed by atoms with Gasteiger partial charge in [0.25, 0.3) is 0 Å². The van der Waals surface area contributed by atoms with Gasteiger partial charge in [0.15, 0.2) is 6.79 Å². The summed E-state index contributed by atoms with van der Waals surface area (Å²) in [7, 11) is 1.69. The average molecular weight is 225 g/mol. The maximum absolute atomic E-state index is 5.82. The Labute approximate surface area is 96.0 Å². The molecule has 0 radical (unpaired) electrons. The summed E-state index contributed by atoms with van der Waals surface area (Å²) in [5.41, 5.74) is 6.59. The van der Waals surface area contributed by atoms with Gasteiger partial charge in [-0.15, -0.1) is 0 Å². The zero-order chi connectivity index (χ0) is 11.8. The van der Waals surface area contributed by atoms with E-state index in [1.807, 2.05) is 19.9 Å². The van der Waals surface area contributed by atoms with Gasteiger partial charge in [-0.2, -0.15) is 0 Å². The summed E-state index contributed by atoms with van der Waals surface area (Å²) in [6.45, 7) is 4.33. The minimum Gasteiger partial charge on any atom is -0.501 e. The van der Waals surface area contributed by atoms with Crippen LogP contribution in [0.2, 0.25) is 0 Å². The number of hydrogen-bond acceptors (Lipinski definition) is 4. The Morgan fingerprint density at radius 2 is 2.38 bits per heavy atom. The van der Waals surface area contributed by atoms with Crippen molar-refractivity contribution >= 4 is 0 Å². The van der Waals surface area contributed by atoms with Gasteiger partial charge in [0.1, 0.15) is 17.1 Å². The van der Waals surface area contributed by atoms with Gasteiger partial charge in [0.05, 0.1) is 7.11 Å². The number of fused-ring (bicyclic) bond motifs is 1. The lowest BCUT2D eigenvalue weighted by Crippen LogP contribution is -2.30. The molecule has 16 heavy (non-hydrogen) atoms. The molecule has 1 saturated heterocycles. The summed E-state index contributed by atoms with van der Waals surface area (Å²) in [5.74, 6) is 1.85. The van der Waals surface area contributed by atoms with Gasteiger partial charge in [-0.05, 0) is 31.9 Å². The Bertz CT molecular complexity index is 346. The van der Waals surface area contributed by atoms with Crippen molar-refractivity contribution in [3.63, 3.8) is 0 Å². The lowest BCUT2D eigenvalue weighted by Gasteiger charge is -2.28. The zero-order valence-electron chi connectivity index (χ0n) is 10.1. The monoisotopic (exact) mass is 225 g/mol. The molecule has 0 bridgehead atoms. The van der Waals surface area contributed by atoms with Gasteiger partial charge < -0.3 is 19.9 Å². The Morgan fingerprint density at radius 3 is 3.00 bits per heavy atom. The summed E-state index contributed by atoms with van der Waals surface area (Å²) < 4.78 is 16.5. The van der Waals surface area contributed by atoms with Crippen LogP contribution >= 0.6 is 0 Å². The highest BCUT2D eigenvalue weighted by atomic mass is 16.7. The van der Waals surface area contributed by atoms with Crippen LogP contribution in [-0.2, 0) is 14.2 Å². The molecular formula is C12H19NO3. The van der Waals surface area contributed by atoms with E-state index in [-0.39, 0.29) is 11.6 Å². The third kappa shape index (κ3) is 1.95. The third-order valence-corrected chi connectivity index (χ3v) is 3.06. The van der Waals surface area contributed by atoms with Crippen LogP contribution in [0.4, 0.5) is 0 Å². The normalized spacial score (nSPS) is 30.6. The van der Waals surface area contributed by atoms with Gasteiger partial charge in [-0.1, -0.05) is 0 Å². The quantitative estimate of drug-likeness (QED) is 0.794. The standard InChI is InChI=1S/C12H19NO3/c1-8(13)4-9-5-11-12(2,16-7-15-11)6-10(9)14-3/h5,8H,4,6-7,13H2,1-3H3. The molecule has 2 N–H and O–H groups in total. The largest absolute Gasteiger partial charge is 0.501 e. The molecule has 2 aliphatic rings. The Hall–Kier alpha value is -1.00. The third-order valence-electron chi connectivity index (χ3n) is 3.06. The van der Waals surface area contributed by atoms with Crippen LogP contribution in [-0.4, -0.2) is 25.5 Å². The summed E-state index contributed by atoms with van der Waals surface area (Å²) in [4.78, 5) is 0. The molecule has 4 heteroatoms. The van der Waals surface area contributed by atoms with Gasteiger partial charge >= 0.3 is 0 Å². The van der Waals surface area contributed by atoms with Crippen molar-refractivity contribution < 1.29 is 14.2 Å². The summed E-state index contributed by atoms with van der Waals surface area (Å²) in [6.07, 6.45) is 3.53. The minimum atomic E-state index is -0.354. The second-order valence-corrected chi connectivity index (χ2v) is 4.66. The van der Waals surface area contributed by atoms with Gasteiger partial charge in [0, 0.05) is 12.5 Å². The van der Waals surface area contributed by atoms with E-state index < -0.39 is 0 Å². The molecule has 0 aromatic heterocycles. The lowest BCUT2D eigenvalue weighted by atomic mass is 9.88. The first kappa shape index (κ1) is 11.5. The van der Waals surface area contributed by atoms with Crippen molar-refractivity contribution in [1.29, 1.82) is 0 Å². The zero-order valence-corrected chi connectivity index (χ0v) is 10.1. The molecular weight excluding hydrogens is 206 g/mol. The van der Waals surface area contributed by atoms with E-state index >= 15 is 0 Å². The SMILES string of the molecule is COC1=C(CC(C)N)C=C2OCOC2(C)C1. The van der Waals surface area contributed by atoms with E-state index in [9.17, 15) is 0 Å². The minimum absolute atomic E-state index is 0.115. The Kier molecular flexibility index (Phi) is 2.95. The molecule has 0 amide bonds. The van der Waals surface area contributed by atoms with Crippen LogP contribution in [0.1, 0.15) is 26.7 Å². The molecule has 2 unspecified atom stereocenters. The van der Waals surface area contributed by atoms with E-state index in [2.05, 4.69) is 0 Å². The van der Waals surface area contributed by atoms with Crippen LogP contribution in [0.3, 0.4) is 0 Å². The predicted octanol–water partition coefficient (Wildman–Crippen LogP) is 1.67. The van der Waals surface area contributed by atoms with Crippen molar-refractivity contribution in [2.24, 2.45) is 5.73 Å². The smallest absolute Gasteiger partial charge is 0.189 e. The van der Waals surface area contributed by atoms with Gasteiger partial charge in [-0.3, -0.25) is 0 Å². The van der Waals surface area contributed by atoms with Gasteiger partial charge in [-0.25, -0.2) is 0 Å². The maximum Gasteiger partial charge on any atom is 0.189 e. The highest BCUT2D eigenvalue weighted by Crippen LogP contribution is 2.41. The summed E-state index contributed by atoms with van der Waals surface area (Å²) in [5, 5.41) is 0. The first-order valence-corrected chi connectivity index (χ1v) is 5.55. The van der Waals surface area contributed by atoms with Crippen molar-refractivity contribution in [1.82, 2.24) is 0 Å². The van der Waals surface area contributed by atoms with Crippen molar-refractivity contribution in [2.75, 3.05) is 13.9 Å². The number of hydrogen-bond donors (Lipinski definition) is 1. The second kappa shape index (κ2) is 4.11. The number of rotatable bonds is 3. The Balaban J connectivity index is 2.28. The van der Waals surface area contributed by atoms with Crippen LogP contribution in [0.15, 0.2) is 23.2 Å². The van der Waals surface area contributed by atoms with Crippen molar-refractivity contribution in [3.05, 3.63) is 23.2 Å². The summed E-state index contributed by atoms with van der Waals surface area (Å²) in [6, 6.07) is 0.115. The van der Waals surface area contributed by atoms with Crippen LogP contribution < -0.4 is 5.73 Å². The first-order valence-electron chi connectivity index (χ1n) is 5.55. The summed E-state index contributed by atoms with van der Waals surface area (Å²) >= 11 is 0. The molecule has 1 fully saturated rings. The molecule has 0 aromatic rings. The van der Waals surface area contributed by atoms with Crippen LogP contribution in [0.25, 0.3) is 0 Å². The highest BCUT2D eigenvalue weighted by Gasteiger charge is 2.41. The topological polar surface area (TPSA) is 53.7 Å². The van der Waals surface area contributed by atoms with Crippen LogP contribution in [0, 0.1) is 0 Å². The fourth-order valence-electron chi connectivity index (χ4n) is 2.16.